The highest BCUT2D eigenvalue weighted by Gasteiger charge is 2.13. The number of rotatable bonds is 5. The standard InChI is InChI=1S/C11H19N3O/c1-4-12-10(9(2)3)8-14-11(15)6-5-7-13-14/h5-7,9-10,12H,4,8H2,1-3H3. The predicted octanol–water partition coefficient (Wildman–Crippen LogP) is 0.877. The predicted molar refractivity (Wildman–Crippen MR) is 60.8 cm³/mol. The molecule has 1 aromatic rings. The molecule has 0 amide bonds. The molecule has 0 saturated heterocycles. The van der Waals surface area contributed by atoms with Crippen LogP contribution in [0.3, 0.4) is 0 Å². The van der Waals surface area contributed by atoms with Crippen LogP contribution in [0.4, 0.5) is 0 Å². The minimum absolute atomic E-state index is 0.0407. The molecule has 1 heterocycles. The van der Waals surface area contributed by atoms with E-state index in [0.29, 0.717) is 18.5 Å². The first-order valence-corrected chi connectivity index (χ1v) is 5.40. The van der Waals surface area contributed by atoms with Gasteiger partial charge in [0.05, 0.1) is 6.54 Å². The highest BCUT2D eigenvalue weighted by Crippen LogP contribution is 2.02. The van der Waals surface area contributed by atoms with E-state index in [4.69, 9.17) is 0 Å². The highest BCUT2D eigenvalue weighted by molar-refractivity contribution is 4.85. The molecule has 0 bridgehead atoms. The lowest BCUT2D eigenvalue weighted by Gasteiger charge is -2.21. The monoisotopic (exact) mass is 209 g/mol. The zero-order chi connectivity index (χ0) is 11.3. The van der Waals surface area contributed by atoms with E-state index in [-0.39, 0.29) is 5.56 Å². The summed E-state index contributed by atoms with van der Waals surface area (Å²) in [5, 5.41) is 7.40. The Kier molecular flexibility index (Phi) is 4.49. The van der Waals surface area contributed by atoms with Gasteiger partial charge in [-0.3, -0.25) is 4.79 Å². The van der Waals surface area contributed by atoms with Crippen LogP contribution in [-0.4, -0.2) is 22.4 Å². The molecule has 0 aromatic carbocycles. The first-order chi connectivity index (χ1) is 7.15. The number of hydrogen-bond acceptors (Lipinski definition) is 3. The molecular formula is C11H19N3O. The van der Waals surface area contributed by atoms with Crippen molar-refractivity contribution < 1.29 is 0 Å². The van der Waals surface area contributed by atoms with Crippen molar-refractivity contribution in [1.82, 2.24) is 15.1 Å². The Morgan fingerprint density at radius 3 is 2.80 bits per heavy atom. The molecule has 1 unspecified atom stereocenters. The third-order valence-electron chi connectivity index (χ3n) is 2.43. The van der Waals surface area contributed by atoms with Gasteiger partial charge >= 0.3 is 0 Å². The van der Waals surface area contributed by atoms with E-state index in [0.717, 1.165) is 6.54 Å². The molecule has 1 aromatic heterocycles. The van der Waals surface area contributed by atoms with Crippen molar-refractivity contribution in [3.8, 4) is 0 Å². The molecule has 1 rings (SSSR count). The van der Waals surface area contributed by atoms with E-state index < -0.39 is 0 Å². The maximum absolute atomic E-state index is 11.5. The Morgan fingerprint density at radius 1 is 1.53 bits per heavy atom. The van der Waals surface area contributed by atoms with Crippen molar-refractivity contribution in [3.63, 3.8) is 0 Å². The molecular weight excluding hydrogens is 190 g/mol. The van der Waals surface area contributed by atoms with Crippen molar-refractivity contribution in [3.05, 3.63) is 28.7 Å². The summed E-state index contributed by atoms with van der Waals surface area (Å²) < 4.78 is 1.51. The van der Waals surface area contributed by atoms with Crippen molar-refractivity contribution in [2.45, 2.75) is 33.4 Å². The first kappa shape index (κ1) is 11.9. The summed E-state index contributed by atoms with van der Waals surface area (Å²) in [5.74, 6) is 0.485. The van der Waals surface area contributed by atoms with Gasteiger partial charge in [0.2, 0.25) is 0 Å². The lowest BCUT2D eigenvalue weighted by atomic mass is 10.0. The van der Waals surface area contributed by atoms with Gasteiger partial charge in [-0.2, -0.15) is 5.10 Å². The van der Waals surface area contributed by atoms with Crippen molar-refractivity contribution >= 4 is 0 Å². The van der Waals surface area contributed by atoms with Crippen LogP contribution in [-0.2, 0) is 6.54 Å². The topological polar surface area (TPSA) is 46.9 Å². The number of likely N-dealkylation sites (N-methyl/N-ethyl adjacent to an activating group) is 1. The normalized spacial score (nSPS) is 13.1. The average Bonchev–Trinajstić information content (AvgIpc) is 2.20. The molecule has 0 aliphatic carbocycles. The van der Waals surface area contributed by atoms with E-state index >= 15 is 0 Å². The summed E-state index contributed by atoms with van der Waals surface area (Å²) in [7, 11) is 0. The van der Waals surface area contributed by atoms with Crippen LogP contribution in [0.2, 0.25) is 0 Å². The number of aromatic nitrogens is 2. The molecule has 15 heavy (non-hydrogen) atoms. The zero-order valence-electron chi connectivity index (χ0n) is 9.60. The van der Waals surface area contributed by atoms with E-state index in [1.54, 1.807) is 12.3 Å². The Bertz CT molecular complexity index is 346. The summed E-state index contributed by atoms with van der Waals surface area (Å²) in [6.07, 6.45) is 1.64. The SMILES string of the molecule is CCNC(Cn1ncccc1=O)C(C)C. The van der Waals surface area contributed by atoms with Crippen LogP contribution in [0.25, 0.3) is 0 Å². The van der Waals surface area contributed by atoms with E-state index in [1.165, 1.54) is 10.7 Å². The summed E-state index contributed by atoms with van der Waals surface area (Å²) in [6.45, 7) is 7.88. The summed E-state index contributed by atoms with van der Waals surface area (Å²) in [5.41, 5.74) is -0.0407. The number of nitrogens with zero attached hydrogens (tertiary/aromatic N) is 2. The Hall–Kier alpha value is -1.16. The van der Waals surface area contributed by atoms with Crippen molar-refractivity contribution in [2.24, 2.45) is 5.92 Å². The Balaban J connectivity index is 2.74. The molecule has 0 fully saturated rings. The van der Waals surface area contributed by atoms with Crippen LogP contribution in [0.5, 0.6) is 0 Å². The van der Waals surface area contributed by atoms with Gasteiger partial charge in [0, 0.05) is 18.3 Å². The summed E-state index contributed by atoms with van der Waals surface area (Å²) in [4.78, 5) is 11.5. The Morgan fingerprint density at radius 2 is 2.27 bits per heavy atom. The number of nitrogens with one attached hydrogen (secondary N) is 1. The van der Waals surface area contributed by atoms with E-state index in [9.17, 15) is 4.79 Å². The van der Waals surface area contributed by atoms with Crippen LogP contribution in [0.15, 0.2) is 23.1 Å². The van der Waals surface area contributed by atoms with Crippen LogP contribution >= 0.6 is 0 Å². The zero-order valence-corrected chi connectivity index (χ0v) is 9.60. The van der Waals surface area contributed by atoms with Gasteiger partial charge in [-0.15, -0.1) is 0 Å². The minimum Gasteiger partial charge on any atom is -0.312 e. The van der Waals surface area contributed by atoms with Crippen LogP contribution in [0, 0.1) is 5.92 Å². The van der Waals surface area contributed by atoms with Gasteiger partial charge in [-0.25, -0.2) is 4.68 Å². The van der Waals surface area contributed by atoms with Gasteiger partial charge in [0.1, 0.15) is 0 Å². The van der Waals surface area contributed by atoms with Crippen LogP contribution in [0.1, 0.15) is 20.8 Å². The molecule has 0 aliphatic heterocycles. The second-order valence-corrected chi connectivity index (χ2v) is 3.95. The van der Waals surface area contributed by atoms with Gasteiger partial charge in [0.15, 0.2) is 0 Å². The molecule has 0 spiro atoms. The molecule has 1 N–H and O–H groups in total. The van der Waals surface area contributed by atoms with E-state index in [2.05, 4.69) is 31.2 Å². The smallest absolute Gasteiger partial charge is 0.266 e. The Labute approximate surface area is 90.3 Å². The van der Waals surface area contributed by atoms with Gasteiger partial charge in [0.25, 0.3) is 5.56 Å². The van der Waals surface area contributed by atoms with Gasteiger partial charge in [-0.1, -0.05) is 20.8 Å². The molecule has 1 atom stereocenters. The van der Waals surface area contributed by atoms with Crippen molar-refractivity contribution in [2.75, 3.05) is 6.54 Å². The maximum Gasteiger partial charge on any atom is 0.266 e. The lowest BCUT2D eigenvalue weighted by molar-refractivity contribution is 0.342. The second kappa shape index (κ2) is 5.66. The fourth-order valence-corrected chi connectivity index (χ4v) is 1.48. The molecule has 0 radical (unpaired) electrons. The molecule has 84 valence electrons. The van der Waals surface area contributed by atoms with Crippen LogP contribution < -0.4 is 10.9 Å². The molecule has 4 heteroatoms. The molecule has 0 saturated carbocycles. The van der Waals surface area contributed by atoms with Gasteiger partial charge in [-0.05, 0) is 18.5 Å². The van der Waals surface area contributed by atoms with E-state index in [1.807, 2.05) is 0 Å². The minimum atomic E-state index is -0.0407. The third-order valence-corrected chi connectivity index (χ3v) is 2.43. The van der Waals surface area contributed by atoms with Crippen molar-refractivity contribution in [1.29, 1.82) is 0 Å². The quantitative estimate of drug-likeness (QED) is 0.783. The largest absolute Gasteiger partial charge is 0.312 e. The molecule has 4 nitrogen and oxygen atoms in total. The second-order valence-electron chi connectivity index (χ2n) is 3.95. The first-order valence-electron chi connectivity index (χ1n) is 5.40. The average molecular weight is 209 g/mol. The molecule has 0 aliphatic rings. The maximum atomic E-state index is 11.5. The third kappa shape index (κ3) is 3.47. The fraction of sp³-hybridized carbons (Fsp3) is 0.636. The fourth-order valence-electron chi connectivity index (χ4n) is 1.48. The highest BCUT2D eigenvalue weighted by atomic mass is 16.1. The number of hydrogen-bond donors (Lipinski definition) is 1. The summed E-state index contributed by atoms with van der Waals surface area (Å²) in [6, 6.07) is 3.50. The van der Waals surface area contributed by atoms with Gasteiger partial charge < -0.3 is 5.32 Å². The summed E-state index contributed by atoms with van der Waals surface area (Å²) >= 11 is 0. The lowest BCUT2D eigenvalue weighted by Crippen LogP contribution is -2.40.